The lowest BCUT2D eigenvalue weighted by molar-refractivity contribution is 0.571. The number of para-hydroxylation sites is 1. The van der Waals surface area contributed by atoms with Crippen LogP contribution in [0, 0.1) is 18.8 Å². The van der Waals surface area contributed by atoms with Crippen molar-refractivity contribution in [2.24, 2.45) is 16.8 Å². The topological polar surface area (TPSA) is 51.0 Å². The number of rotatable bonds is 6. The fourth-order valence-electron chi connectivity index (χ4n) is 9.12. The Hall–Kier alpha value is -6.52. The van der Waals surface area contributed by atoms with Gasteiger partial charge in [0.2, 0.25) is 0 Å². The van der Waals surface area contributed by atoms with Crippen LogP contribution in [-0.4, -0.2) is 21.2 Å². The minimum absolute atomic E-state index is 0.292. The van der Waals surface area contributed by atoms with E-state index in [0.29, 0.717) is 11.8 Å². The Bertz CT molecular complexity index is 2870. The predicted octanol–water partition coefficient (Wildman–Crippen LogP) is 13.4. The molecule has 4 aliphatic rings. The van der Waals surface area contributed by atoms with Gasteiger partial charge in [0.25, 0.3) is 0 Å². The van der Waals surface area contributed by atoms with Gasteiger partial charge < -0.3 is 0 Å². The maximum Gasteiger partial charge on any atom is 0.156 e. The van der Waals surface area contributed by atoms with Gasteiger partial charge in [-0.3, -0.25) is 9.98 Å². The summed E-state index contributed by atoms with van der Waals surface area (Å²) in [7, 11) is 0. The van der Waals surface area contributed by atoms with E-state index >= 15 is 0 Å². The molecule has 0 amide bonds. The van der Waals surface area contributed by atoms with E-state index in [9.17, 15) is 0 Å². The number of nitrogens with zero attached hydrogens (tertiary/aromatic N) is 4. The monoisotopic (exact) mass is 736 g/mol. The molecule has 0 radical (unpaired) electrons. The molecule has 57 heavy (non-hydrogen) atoms. The normalized spacial score (nSPS) is 19.0. The molecule has 6 aromatic rings. The van der Waals surface area contributed by atoms with Gasteiger partial charge in [0, 0.05) is 56.9 Å². The zero-order valence-electron chi connectivity index (χ0n) is 32.7. The Morgan fingerprint density at radius 2 is 1.58 bits per heavy atom. The molecular formula is C53H44N4. The van der Waals surface area contributed by atoms with E-state index in [-0.39, 0.29) is 0 Å². The summed E-state index contributed by atoms with van der Waals surface area (Å²) in [4.78, 5) is 20.8. The van der Waals surface area contributed by atoms with Gasteiger partial charge in [-0.05, 0) is 109 Å². The molecular weight excluding hydrogens is 693 g/mol. The highest BCUT2D eigenvalue weighted by Gasteiger charge is 2.27. The van der Waals surface area contributed by atoms with Crippen molar-refractivity contribution in [3.05, 3.63) is 185 Å². The van der Waals surface area contributed by atoms with Crippen LogP contribution in [0.3, 0.4) is 0 Å². The van der Waals surface area contributed by atoms with Crippen LogP contribution in [-0.2, 0) is 0 Å². The highest BCUT2D eigenvalue weighted by molar-refractivity contribution is 6.04. The number of aryl methyl sites for hydroxylation is 1. The zero-order chi connectivity index (χ0) is 38.5. The lowest BCUT2D eigenvalue weighted by Gasteiger charge is -2.27. The number of benzene rings is 4. The standard InChI is InChI=1S/C53H44N4/c1-33-21-24-46(50-42(33)20-12-28-55-50)40-22-25-43(34(2)29-40)51-48-32-41(36-13-6-4-7-14-36)31-47(37-15-8-5-9-16-37)52(48)57-53(56-51)44-26-23-39(30-35(44)3)45-19-10-17-38-18-11-27-54-49(38)45/h4-6,8-13,15-22,24-25,27-33,42H,7,14,23,26H2,1-3H3. The minimum Gasteiger partial charge on any atom is -0.260 e. The number of aliphatic imine (C=N–C) groups is 1. The molecule has 0 fully saturated rings. The quantitative estimate of drug-likeness (QED) is 0.171. The van der Waals surface area contributed by atoms with E-state index < -0.39 is 0 Å². The summed E-state index contributed by atoms with van der Waals surface area (Å²) in [5.74, 6) is 1.51. The molecule has 0 spiro atoms. The Morgan fingerprint density at radius 1 is 0.684 bits per heavy atom. The first-order valence-electron chi connectivity index (χ1n) is 20.3. The van der Waals surface area contributed by atoms with Crippen molar-refractivity contribution in [1.82, 2.24) is 15.0 Å². The SMILES string of the molecule is CC1=C(c2nc(-c3ccc(C4=C5N=CC=CC5C(C)C=C4)cc3C)c3cc(C4=CC=CCC4)cc(-c4ccccc4)c3n2)CCC(c2cccc3cccnc23)=C1. The van der Waals surface area contributed by atoms with Crippen LogP contribution in [0.4, 0.5) is 0 Å². The number of dihydropyridines is 1. The highest BCUT2D eigenvalue weighted by atomic mass is 14.9. The van der Waals surface area contributed by atoms with E-state index in [1.807, 2.05) is 18.5 Å². The summed E-state index contributed by atoms with van der Waals surface area (Å²) in [6, 6.07) is 32.9. The van der Waals surface area contributed by atoms with Gasteiger partial charge in [-0.1, -0.05) is 122 Å². The van der Waals surface area contributed by atoms with Crippen LogP contribution in [0.1, 0.15) is 67.6 Å². The lowest BCUT2D eigenvalue weighted by atomic mass is 9.80. The van der Waals surface area contributed by atoms with Gasteiger partial charge in [0.05, 0.1) is 22.4 Å². The smallest absolute Gasteiger partial charge is 0.156 e. The van der Waals surface area contributed by atoms with Gasteiger partial charge in [0.1, 0.15) is 0 Å². The van der Waals surface area contributed by atoms with Crippen LogP contribution in [0.5, 0.6) is 0 Å². The van der Waals surface area contributed by atoms with Crippen molar-refractivity contribution >= 4 is 50.3 Å². The van der Waals surface area contributed by atoms with E-state index in [1.165, 1.54) is 50.1 Å². The second kappa shape index (κ2) is 14.5. The molecule has 2 unspecified atom stereocenters. The van der Waals surface area contributed by atoms with E-state index in [2.05, 4.69) is 154 Å². The molecule has 0 bridgehead atoms. The average molecular weight is 737 g/mol. The number of hydrogen-bond donors (Lipinski definition) is 0. The number of allylic oxidation sites excluding steroid dienone is 13. The molecule has 3 heterocycles. The molecule has 4 aromatic carbocycles. The van der Waals surface area contributed by atoms with Gasteiger partial charge >= 0.3 is 0 Å². The Kier molecular flexibility index (Phi) is 8.90. The highest BCUT2D eigenvalue weighted by Crippen LogP contribution is 2.43. The molecule has 276 valence electrons. The third-order valence-electron chi connectivity index (χ3n) is 12.2. The van der Waals surface area contributed by atoms with Crippen molar-refractivity contribution in [2.45, 2.75) is 46.5 Å². The Labute approximate surface area is 334 Å². The lowest BCUT2D eigenvalue weighted by Crippen LogP contribution is -2.16. The van der Waals surface area contributed by atoms with Crippen LogP contribution >= 0.6 is 0 Å². The van der Waals surface area contributed by atoms with Gasteiger partial charge in [0.15, 0.2) is 5.82 Å². The fraction of sp³-hybridized carbons (Fsp3) is 0.170. The molecule has 10 rings (SSSR count). The first-order chi connectivity index (χ1) is 28.0. The van der Waals surface area contributed by atoms with Crippen molar-refractivity contribution < 1.29 is 0 Å². The molecule has 1 aliphatic heterocycles. The molecule has 0 N–H and O–H groups in total. The third-order valence-corrected chi connectivity index (χ3v) is 12.2. The van der Waals surface area contributed by atoms with Crippen molar-refractivity contribution in [2.75, 3.05) is 0 Å². The molecule has 4 nitrogen and oxygen atoms in total. The molecule has 4 heteroatoms. The molecule has 3 aliphatic carbocycles. The predicted molar refractivity (Wildman–Crippen MR) is 239 cm³/mol. The maximum absolute atomic E-state index is 5.59. The van der Waals surface area contributed by atoms with Gasteiger partial charge in [-0.15, -0.1) is 0 Å². The fourth-order valence-corrected chi connectivity index (χ4v) is 9.12. The molecule has 0 saturated heterocycles. The number of fused-ring (bicyclic) bond motifs is 3. The van der Waals surface area contributed by atoms with Crippen LogP contribution in [0.15, 0.2) is 162 Å². The molecule has 2 atom stereocenters. The number of hydrogen-bond acceptors (Lipinski definition) is 4. The summed E-state index contributed by atoms with van der Waals surface area (Å²) in [5.41, 5.74) is 18.6. The second-order valence-electron chi connectivity index (χ2n) is 15.8. The van der Waals surface area contributed by atoms with Crippen LogP contribution in [0.2, 0.25) is 0 Å². The average Bonchev–Trinajstić information content (AvgIpc) is 3.26. The summed E-state index contributed by atoms with van der Waals surface area (Å²) in [6.45, 7) is 6.71. The zero-order valence-corrected chi connectivity index (χ0v) is 32.7. The molecule has 0 saturated carbocycles. The largest absolute Gasteiger partial charge is 0.260 e. The van der Waals surface area contributed by atoms with E-state index in [1.54, 1.807) is 0 Å². The minimum atomic E-state index is 0.292. The summed E-state index contributed by atoms with van der Waals surface area (Å²) >= 11 is 0. The van der Waals surface area contributed by atoms with Crippen LogP contribution in [0.25, 0.3) is 66.5 Å². The first-order valence-corrected chi connectivity index (χ1v) is 20.3. The Morgan fingerprint density at radius 3 is 2.42 bits per heavy atom. The summed E-state index contributed by atoms with van der Waals surface area (Å²) in [6.07, 6.45) is 25.6. The van der Waals surface area contributed by atoms with E-state index in [4.69, 9.17) is 19.9 Å². The third kappa shape index (κ3) is 6.36. The van der Waals surface area contributed by atoms with Crippen molar-refractivity contribution in [3.8, 4) is 22.4 Å². The summed E-state index contributed by atoms with van der Waals surface area (Å²) in [5, 5.41) is 2.23. The number of aromatic nitrogens is 3. The second-order valence-corrected chi connectivity index (χ2v) is 15.8. The van der Waals surface area contributed by atoms with Gasteiger partial charge in [-0.25, -0.2) is 9.97 Å². The maximum atomic E-state index is 5.59. The van der Waals surface area contributed by atoms with Crippen LogP contribution < -0.4 is 0 Å². The number of pyridine rings is 1. The first kappa shape index (κ1) is 34.9. The van der Waals surface area contributed by atoms with Crippen molar-refractivity contribution in [3.63, 3.8) is 0 Å². The van der Waals surface area contributed by atoms with Gasteiger partial charge in [-0.2, -0.15) is 0 Å². The molecule has 2 aromatic heterocycles. The Balaban J connectivity index is 1.18. The van der Waals surface area contributed by atoms with Crippen molar-refractivity contribution in [1.29, 1.82) is 0 Å². The summed E-state index contributed by atoms with van der Waals surface area (Å²) < 4.78 is 0. The van der Waals surface area contributed by atoms with E-state index in [0.717, 1.165) is 81.4 Å².